The number of nitrogens with one attached hydrogen (secondary N) is 1. The number of para-hydroxylation sites is 2. The SMILES string of the molecule is CC(=O)N1CCN(C(=O)CCc2nc3ccccc3[nH]2)CC1C(=O)N(C)C. The number of H-pyrrole nitrogens is 1. The lowest BCUT2D eigenvalue weighted by molar-refractivity contribution is -0.150. The van der Waals surface area contributed by atoms with Crippen molar-refractivity contribution in [3.63, 3.8) is 0 Å². The van der Waals surface area contributed by atoms with Gasteiger partial charge in [-0.2, -0.15) is 0 Å². The van der Waals surface area contributed by atoms with Crippen LogP contribution < -0.4 is 0 Å². The van der Waals surface area contributed by atoms with Crippen molar-refractivity contribution in [1.29, 1.82) is 0 Å². The quantitative estimate of drug-likeness (QED) is 0.854. The number of rotatable bonds is 4. The summed E-state index contributed by atoms with van der Waals surface area (Å²) >= 11 is 0. The molecular weight excluding hydrogens is 346 g/mol. The Bertz CT molecular complexity index is 827. The number of nitrogens with zero attached hydrogens (tertiary/aromatic N) is 4. The van der Waals surface area contributed by atoms with Crippen molar-refractivity contribution in [2.45, 2.75) is 25.8 Å². The van der Waals surface area contributed by atoms with Gasteiger partial charge in [0.25, 0.3) is 0 Å². The molecule has 3 amide bonds. The summed E-state index contributed by atoms with van der Waals surface area (Å²) in [7, 11) is 3.31. The summed E-state index contributed by atoms with van der Waals surface area (Å²) < 4.78 is 0. The number of benzene rings is 1. The van der Waals surface area contributed by atoms with Crippen LogP contribution in [-0.2, 0) is 20.8 Å². The van der Waals surface area contributed by atoms with E-state index >= 15 is 0 Å². The van der Waals surface area contributed by atoms with E-state index in [1.54, 1.807) is 23.9 Å². The zero-order valence-corrected chi connectivity index (χ0v) is 15.9. The topological polar surface area (TPSA) is 89.6 Å². The number of fused-ring (bicyclic) bond motifs is 1. The number of piperazine rings is 1. The zero-order chi connectivity index (χ0) is 19.6. The number of amides is 3. The first kappa shape index (κ1) is 18.9. The molecule has 3 rings (SSSR count). The third kappa shape index (κ3) is 4.10. The Kier molecular flexibility index (Phi) is 5.43. The van der Waals surface area contributed by atoms with Gasteiger partial charge in [-0.05, 0) is 12.1 Å². The molecule has 0 bridgehead atoms. The van der Waals surface area contributed by atoms with E-state index in [-0.39, 0.29) is 24.3 Å². The number of aromatic amines is 1. The number of aromatic nitrogens is 2. The van der Waals surface area contributed by atoms with Crippen LogP contribution in [0, 0.1) is 0 Å². The Balaban J connectivity index is 1.63. The Morgan fingerprint density at radius 2 is 1.96 bits per heavy atom. The molecule has 0 saturated carbocycles. The molecule has 1 aliphatic heterocycles. The van der Waals surface area contributed by atoms with Crippen molar-refractivity contribution in [3.8, 4) is 0 Å². The Hall–Kier alpha value is -2.90. The van der Waals surface area contributed by atoms with Crippen LogP contribution in [0.2, 0.25) is 0 Å². The molecule has 8 nitrogen and oxygen atoms in total. The van der Waals surface area contributed by atoms with Gasteiger partial charge in [-0.25, -0.2) is 4.98 Å². The predicted molar refractivity (Wildman–Crippen MR) is 101 cm³/mol. The molecule has 1 aromatic carbocycles. The second kappa shape index (κ2) is 7.77. The van der Waals surface area contributed by atoms with Crippen LogP contribution in [0.3, 0.4) is 0 Å². The van der Waals surface area contributed by atoms with Gasteiger partial charge in [0.15, 0.2) is 0 Å². The average molecular weight is 371 g/mol. The van der Waals surface area contributed by atoms with E-state index in [9.17, 15) is 14.4 Å². The van der Waals surface area contributed by atoms with E-state index < -0.39 is 6.04 Å². The van der Waals surface area contributed by atoms with Gasteiger partial charge in [0.05, 0.1) is 17.6 Å². The number of carbonyl (C=O) groups excluding carboxylic acids is 3. The summed E-state index contributed by atoms with van der Waals surface area (Å²) in [6, 6.07) is 7.11. The minimum Gasteiger partial charge on any atom is -0.347 e. The summed E-state index contributed by atoms with van der Waals surface area (Å²) in [5, 5.41) is 0. The van der Waals surface area contributed by atoms with Crippen LogP contribution in [-0.4, -0.2) is 82.2 Å². The van der Waals surface area contributed by atoms with Crippen LogP contribution in [0.15, 0.2) is 24.3 Å². The molecule has 27 heavy (non-hydrogen) atoms. The maximum Gasteiger partial charge on any atom is 0.246 e. The lowest BCUT2D eigenvalue weighted by atomic mass is 10.1. The van der Waals surface area contributed by atoms with Crippen molar-refractivity contribution in [3.05, 3.63) is 30.1 Å². The summed E-state index contributed by atoms with van der Waals surface area (Å²) in [5.74, 6) is 0.424. The first-order valence-corrected chi connectivity index (χ1v) is 9.06. The minimum absolute atomic E-state index is 0.0322. The Morgan fingerprint density at radius 3 is 2.63 bits per heavy atom. The van der Waals surface area contributed by atoms with Crippen molar-refractivity contribution in [2.75, 3.05) is 33.7 Å². The second-order valence-electron chi connectivity index (χ2n) is 7.00. The highest BCUT2D eigenvalue weighted by atomic mass is 16.2. The van der Waals surface area contributed by atoms with Gasteiger partial charge in [-0.3, -0.25) is 14.4 Å². The van der Waals surface area contributed by atoms with Crippen molar-refractivity contribution in [1.82, 2.24) is 24.7 Å². The zero-order valence-electron chi connectivity index (χ0n) is 15.9. The molecule has 1 aromatic heterocycles. The lowest BCUT2D eigenvalue weighted by Gasteiger charge is -2.41. The van der Waals surface area contributed by atoms with E-state index in [1.165, 1.54) is 11.8 Å². The number of likely N-dealkylation sites (N-methyl/N-ethyl adjacent to an activating group) is 1. The van der Waals surface area contributed by atoms with Gasteiger partial charge >= 0.3 is 0 Å². The van der Waals surface area contributed by atoms with Crippen LogP contribution in [0.1, 0.15) is 19.2 Å². The molecule has 1 atom stereocenters. The summed E-state index contributed by atoms with van der Waals surface area (Å²) in [6.07, 6.45) is 0.815. The molecule has 2 aromatic rings. The number of imidazole rings is 1. The van der Waals surface area contributed by atoms with E-state index in [2.05, 4.69) is 9.97 Å². The monoisotopic (exact) mass is 371 g/mol. The fourth-order valence-corrected chi connectivity index (χ4v) is 3.40. The lowest BCUT2D eigenvalue weighted by Crippen LogP contribution is -2.61. The van der Waals surface area contributed by atoms with Crippen molar-refractivity contribution < 1.29 is 14.4 Å². The molecule has 1 saturated heterocycles. The third-order valence-corrected chi connectivity index (χ3v) is 4.88. The number of carbonyl (C=O) groups is 3. The molecule has 1 unspecified atom stereocenters. The summed E-state index contributed by atoms with van der Waals surface area (Å²) in [5.41, 5.74) is 1.83. The molecule has 0 radical (unpaired) electrons. The number of hydrogen-bond acceptors (Lipinski definition) is 4. The molecular formula is C19H25N5O3. The van der Waals surface area contributed by atoms with Gasteiger partial charge in [0.2, 0.25) is 17.7 Å². The van der Waals surface area contributed by atoms with Crippen LogP contribution in [0.5, 0.6) is 0 Å². The second-order valence-corrected chi connectivity index (χ2v) is 7.00. The molecule has 0 spiro atoms. The van der Waals surface area contributed by atoms with E-state index in [0.29, 0.717) is 25.9 Å². The van der Waals surface area contributed by atoms with Crippen LogP contribution >= 0.6 is 0 Å². The van der Waals surface area contributed by atoms with E-state index in [4.69, 9.17) is 0 Å². The molecule has 144 valence electrons. The molecule has 0 aliphatic carbocycles. The van der Waals surface area contributed by atoms with Gasteiger partial charge < -0.3 is 19.7 Å². The Labute approximate surface area is 158 Å². The first-order chi connectivity index (χ1) is 12.9. The fourth-order valence-electron chi connectivity index (χ4n) is 3.40. The predicted octanol–water partition coefficient (Wildman–Crippen LogP) is 0.643. The summed E-state index contributed by atoms with van der Waals surface area (Å²) in [6.45, 7) is 2.50. The largest absolute Gasteiger partial charge is 0.347 e. The normalized spacial score (nSPS) is 17.2. The molecule has 2 heterocycles. The van der Waals surface area contributed by atoms with Gasteiger partial charge in [0, 0.05) is 47.0 Å². The molecule has 8 heteroatoms. The maximum atomic E-state index is 12.7. The molecule has 1 fully saturated rings. The van der Waals surface area contributed by atoms with Crippen LogP contribution in [0.4, 0.5) is 0 Å². The highest BCUT2D eigenvalue weighted by Crippen LogP contribution is 2.15. The fraction of sp³-hybridized carbons (Fsp3) is 0.474. The first-order valence-electron chi connectivity index (χ1n) is 9.06. The van der Waals surface area contributed by atoms with Crippen molar-refractivity contribution >= 4 is 28.8 Å². The van der Waals surface area contributed by atoms with Crippen molar-refractivity contribution in [2.24, 2.45) is 0 Å². The summed E-state index contributed by atoms with van der Waals surface area (Å²) in [4.78, 5) is 49.3. The van der Waals surface area contributed by atoms with E-state index in [0.717, 1.165) is 16.9 Å². The van der Waals surface area contributed by atoms with E-state index in [1.807, 2.05) is 24.3 Å². The van der Waals surface area contributed by atoms with Gasteiger partial charge in [0.1, 0.15) is 11.9 Å². The molecule has 1 aliphatic rings. The van der Waals surface area contributed by atoms with Gasteiger partial charge in [-0.1, -0.05) is 12.1 Å². The smallest absolute Gasteiger partial charge is 0.246 e. The maximum absolute atomic E-state index is 12.7. The highest BCUT2D eigenvalue weighted by Gasteiger charge is 2.36. The van der Waals surface area contributed by atoms with Crippen LogP contribution in [0.25, 0.3) is 11.0 Å². The number of hydrogen-bond donors (Lipinski definition) is 1. The Morgan fingerprint density at radius 1 is 1.22 bits per heavy atom. The minimum atomic E-state index is -0.624. The third-order valence-electron chi connectivity index (χ3n) is 4.88. The molecule has 1 N–H and O–H groups in total. The number of aryl methyl sites for hydroxylation is 1. The average Bonchev–Trinajstić information content (AvgIpc) is 3.07. The van der Waals surface area contributed by atoms with Gasteiger partial charge in [-0.15, -0.1) is 0 Å². The highest BCUT2D eigenvalue weighted by molar-refractivity contribution is 5.88. The standard InChI is InChI=1S/C19H25N5O3/c1-13(25)24-11-10-23(12-16(24)19(27)22(2)3)18(26)9-8-17-20-14-6-4-5-7-15(14)21-17/h4-7,16H,8-12H2,1-3H3,(H,20,21).